The number of hydrogen-bond acceptors (Lipinski definition) is 2. The molecule has 0 aliphatic heterocycles. The van der Waals surface area contributed by atoms with Crippen LogP contribution in [0.2, 0.25) is 5.02 Å². The van der Waals surface area contributed by atoms with Gasteiger partial charge >= 0.3 is 5.97 Å². The molecule has 4 heteroatoms. The molecule has 0 amide bonds. The summed E-state index contributed by atoms with van der Waals surface area (Å²) < 4.78 is 5.18. The standard InChI is InChI=1S/C12H15ClO3/c1-7-5-10(13)9(6-11(7)16-3)4-8(2)12(14)15/h5-6,8H,4H2,1-3H3,(H,14,15). The summed E-state index contributed by atoms with van der Waals surface area (Å²) in [6.07, 6.45) is 0.408. The predicted molar refractivity (Wildman–Crippen MR) is 63.2 cm³/mol. The van der Waals surface area contributed by atoms with Crippen LogP contribution < -0.4 is 4.74 Å². The predicted octanol–water partition coefficient (Wildman–Crippen LogP) is 2.92. The van der Waals surface area contributed by atoms with Gasteiger partial charge in [-0.15, -0.1) is 0 Å². The molecule has 0 saturated carbocycles. The number of aliphatic carboxylic acids is 1. The number of benzene rings is 1. The number of ether oxygens (including phenoxy) is 1. The van der Waals surface area contributed by atoms with Crippen LogP contribution in [0.3, 0.4) is 0 Å². The van der Waals surface area contributed by atoms with Gasteiger partial charge in [0.2, 0.25) is 0 Å². The first kappa shape index (κ1) is 12.8. The van der Waals surface area contributed by atoms with Gasteiger partial charge in [-0.05, 0) is 36.6 Å². The van der Waals surface area contributed by atoms with E-state index in [9.17, 15) is 4.79 Å². The van der Waals surface area contributed by atoms with E-state index in [0.29, 0.717) is 11.4 Å². The topological polar surface area (TPSA) is 46.5 Å². The lowest BCUT2D eigenvalue weighted by atomic mass is 10.00. The highest BCUT2D eigenvalue weighted by Gasteiger charge is 2.15. The zero-order valence-electron chi connectivity index (χ0n) is 9.58. The number of methoxy groups -OCH3 is 1. The molecule has 3 nitrogen and oxygen atoms in total. The molecule has 0 bridgehead atoms. The fourth-order valence-corrected chi connectivity index (χ4v) is 1.78. The van der Waals surface area contributed by atoms with Gasteiger partial charge in [-0.2, -0.15) is 0 Å². The Morgan fingerprint density at radius 2 is 2.19 bits per heavy atom. The Hall–Kier alpha value is -1.22. The quantitative estimate of drug-likeness (QED) is 0.883. The van der Waals surface area contributed by atoms with Gasteiger partial charge in [-0.25, -0.2) is 0 Å². The van der Waals surface area contributed by atoms with Crippen LogP contribution in [-0.2, 0) is 11.2 Å². The largest absolute Gasteiger partial charge is 0.496 e. The van der Waals surface area contributed by atoms with Crippen molar-refractivity contribution in [1.29, 1.82) is 0 Å². The number of halogens is 1. The highest BCUT2D eigenvalue weighted by atomic mass is 35.5. The molecule has 0 heterocycles. The molecule has 0 aromatic heterocycles. The Kier molecular flexibility index (Phi) is 4.19. The summed E-state index contributed by atoms with van der Waals surface area (Å²) in [5.41, 5.74) is 1.75. The third kappa shape index (κ3) is 2.89. The Bertz CT molecular complexity index is 401. The second-order valence-electron chi connectivity index (χ2n) is 3.86. The third-order valence-electron chi connectivity index (χ3n) is 2.51. The first-order valence-electron chi connectivity index (χ1n) is 5.01. The van der Waals surface area contributed by atoms with Crippen molar-refractivity contribution in [2.45, 2.75) is 20.3 Å². The molecular weight excluding hydrogens is 228 g/mol. The van der Waals surface area contributed by atoms with E-state index in [1.807, 2.05) is 6.92 Å². The van der Waals surface area contributed by atoms with Crippen LogP contribution in [0, 0.1) is 12.8 Å². The average Bonchev–Trinajstić information content (AvgIpc) is 2.21. The molecule has 88 valence electrons. The lowest BCUT2D eigenvalue weighted by molar-refractivity contribution is -0.141. The van der Waals surface area contributed by atoms with E-state index in [-0.39, 0.29) is 0 Å². The monoisotopic (exact) mass is 242 g/mol. The Labute approximate surface area is 100.0 Å². The Balaban J connectivity index is 3.00. The van der Waals surface area contributed by atoms with E-state index in [4.69, 9.17) is 21.4 Å². The zero-order chi connectivity index (χ0) is 12.3. The first-order valence-corrected chi connectivity index (χ1v) is 5.39. The summed E-state index contributed by atoms with van der Waals surface area (Å²) in [6, 6.07) is 3.60. The van der Waals surface area contributed by atoms with Crippen molar-refractivity contribution in [2.75, 3.05) is 7.11 Å². The van der Waals surface area contributed by atoms with E-state index in [1.165, 1.54) is 0 Å². The van der Waals surface area contributed by atoms with Gasteiger partial charge in [-0.3, -0.25) is 4.79 Å². The Morgan fingerprint density at radius 1 is 1.56 bits per heavy atom. The fourth-order valence-electron chi connectivity index (χ4n) is 1.49. The van der Waals surface area contributed by atoms with Gasteiger partial charge in [0, 0.05) is 5.02 Å². The molecule has 1 atom stereocenters. The second kappa shape index (κ2) is 5.21. The lowest BCUT2D eigenvalue weighted by Gasteiger charge is -2.12. The van der Waals surface area contributed by atoms with Crippen molar-refractivity contribution in [1.82, 2.24) is 0 Å². The third-order valence-corrected chi connectivity index (χ3v) is 2.86. The number of rotatable bonds is 4. The van der Waals surface area contributed by atoms with Gasteiger partial charge in [0.1, 0.15) is 5.75 Å². The van der Waals surface area contributed by atoms with Gasteiger partial charge in [-0.1, -0.05) is 18.5 Å². The van der Waals surface area contributed by atoms with E-state index < -0.39 is 11.9 Å². The maximum atomic E-state index is 10.8. The zero-order valence-corrected chi connectivity index (χ0v) is 10.3. The van der Waals surface area contributed by atoms with Crippen molar-refractivity contribution in [2.24, 2.45) is 5.92 Å². The second-order valence-corrected chi connectivity index (χ2v) is 4.26. The molecular formula is C12H15ClO3. The van der Waals surface area contributed by atoms with Crippen LogP contribution in [0.15, 0.2) is 12.1 Å². The molecule has 1 unspecified atom stereocenters. The van der Waals surface area contributed by atoms with Crippen molar-refractivity contribution in [3.63, 3.8) is 0 Å². The highest BCUT2D eigenvalue weighted by Crippen LogP contribution is 2.28. The van der Waals surface area contributed by atoms with E-state index >= 15 is 0 Å². The van der Waals surface area contributed by atoms with E-state index in [2.05, 4.69) is 0 Å². The smallest absolute Gasteiger partial charge is 0.306 e. The normalized spacial score (nSPS) is 12.2. The summed E-state index contributed by atoms with van der Waals surface area (Å²) in [4.78, 5) is 10.8. The van der Waals surface area contributed by atoms with E-state index in [0.717, 1.165) is 16.9 Å². The molecule has 16 heavy (non-hydrogen) atoms. The number of hydrogen-bond donors (Lipinski definition) is 1. The van der Waals surface area contributed by atoms with Gasteiger partial charge in [0.15, 0.2) is 0 Å². The molecule has 0 aliphatic rings. The van der Waals surface area contributed by atoms with Crippen LogP contribution in [0.5, 0.6) is 5.75 Å². The molecule has 1 aromatic rings. The average molecular weight is 243 g/mol. The molecule has 0 fully saturated rings. The molecule has 0 saturated heterocycles. The van der Waals surface area contributed by atoms with Gasteiger partial charge in [0.25, 0.3) is 0 Å². The van der Waals surface area contributed by atoms with Gasteiger partial charge < -0.3 is 9.84 Å². The molecule has 1 aromatic carbocycles. The summed E-state index contributed by atoms with van der Waals surface area (Å²) in [6.45, 7) is 3.56. The SMILES string of the molecule is COc1cc(CC(C)C(=O)O)c(Cl)cc1C. The van der Waals surface area contributed by atoms with E-state index in [1.54, 1.807) is 26.2 Å². The molecule has 0 aliphatic carbocycles. The number of aryl methyl sites for hydroxylation is 1. The van der Waals surface area contributed by atoms with Crippen LogP contribution >= 0.6 is 11.6 Å². The summed E-state index contributed by atoms with van der Waals surface area (Å²) in [5.74, 6) is -0.544. The Morgan fingerprint density at radius 3 is 2.69 bits per heavy atom. The van der Waals surface area contributed by atoms with Crippen LogP contribution in [0.1, 0.15) is 18.1 Å². The molecule has 1 N–H and O–H groups in total. The van der Waals surface area contributed by atoms with Crippen molar-refractivity contribution in [3.8, 4) is 5.75 Å². The van der Waals surface area contributed by atoms with Crippen LogP contribution in [-0.4, -0.2) is 18.2 Å². The minimum atomic E-state index is -0.824. The van der Waals surface area contributed by atoms with Gasteiger partial charge in [0.05, 0.1) is 13.0 Å². The molecule has 1 rings (SSSR count). The minimum absolute atomic E-state index is 0.408. The van der Waals surface area contributed by atoms with Crippen molar-refractivity contribution >= 4 is 17.6 Å². The molecule has 0 radical (unpaired) electrons. The summed E-state index contributed by atoms with van der Waals surface area (Å²) >= 11 is 6.06. The highest BCUT2D eigenvalue weighted by molar-refractivity contribution is 6.31. The number of carboxylic acids is 1. The van der Waals surface area contributed by atoms with Crippen molar-refractivity contribution in [3.05, 3.63) is 28.3 Å². The lowest BCUT2D eigenvalue weighted by Crippen LogP contribution is -2.12. The summed E-state index contributed by atoms with van der Waals surface area (Å²) in [5, 5.41) is 9.43. The summed E-state index contributed by atoms with van der Waals surface area (Å²) in [7, 11) is 1.58. The fraction of sp³-hybridized carbons (Fsp3) is 0.417. The maximum Gasteiger partial charge on any atom is 0.306 e. The van der Waals surface area contributed by atoms with Crippen LogP contribution in [0.4, 0.5) is 0 Å². The van der Waals surface area contributed by atoms with Crippen molar-refractivity contribution < 1.29 is 14.6 Å². The molecule has 0 spiro atoms. The first-order chi connectivity index (χ1) is 7.45. The minimum Gasteiger partial charge on any atom is -0.496 e. The maximum absolute atomic E-state index is 10.8. The number of carbonyl (C=O) groups is 1. The van der Waals surface area contributed by atoms with Crippen LogP contribution in [0.25, 0.3) is 0 Å². The number of carboxylic acid groups (broad SMARTS) is 1.